The topological polar surface area (TPSA) is 48.1 Å². The number of hydrogen-bond acceptors (Lipinski definition) is 3. The van der Waals surface area contributed by atoms with Crippen LogP contribution in [0.3, 0.4) is 0 Å². The lowest BCUT2D eigenvalue weighted by Gasteiger charge is -2.36. The zero-order valence-corrected chi connectivity index (χ0v) is 14.9. The smallest absolute Gasteiger partial charge is 0.191 e. The Labute approximate surface area is 144 Å². The van der Waals surface area contributed by atoms with Crippen LogP contribution in [0.15, 0.2) is 29.3 Å². The summed E-state index contributed by atoms with van der Waals surface area (Å²) >= 11 is 0. The van der Waals surface area contributed by atoms with Crippen molar-refractivity contribution < 1.29 is 4.39 Å². The number of guanidine groups is 1. The van der Waals surface area contributed by atoms with Gasteiger partial charge in [-0.3, -0.25) is 4.99 Å². The molecule has 0 unspecified atom stereocenters. The average molecular weight is 335 g/mol. The average Bonchev–Trinajstić information content (AvgIpc) is 2.61. The van der Waals surface area contributed by atoms with E-state index in [-0.39, 0.29) is 5.82 Å². The van der Waals surface area contributed by atoms with Gasteiger partial charge in [-0.15, -0.1) is 0 Å². The number of aliphatic imine (C=N–C) groups is 1. The predicted octanol–water partition coefficient (Wildman–Crippen LogP) is 1.99. The number of piperazine rings is 1. The summed E-state index contributed by atoms with van der Waals surface area (Å²) in [4.78, 5) is 11.3. The molecule has 0 aliphatic carbocycles. The van der Waals surface area contributed by atoms with Crippen molar-refractivity contribution in [1.82, 2.24) is 9.80 Å². The third-order valence-electron chi connectivity index (χ3n) is 4.47. The molecule has 1 fully saturated rings. The highest BCUT2D eigenvalue weighted by Crippen LogP contribution is 2.16. The molecule has 1 heterocycles. The Hall–Kier alpha value is -1.82. The molecule has 1 saturated heterocycles. The highest BCUT2D eigenvalue weighted by atomic mass is 19.1. The monoisotopic (exact) mass is 335 g/mol. The molecule has 0 bridgehead atoms. The van der Waals surface area contributed by atoms with Gasteiger partial charge in [0.25, 0.3) is 0 Å². The first-order valence-electron chi connectivity index (χ1n) is 8.91. The minimum Gasteiger partial charge on any atom is -0.370 e. The Morgan fingerprint density at radius 1 is 1.12 bits per heavy atom. The van der Waals surface area contributed by atoms with E-state index in [9.17, 15) is 4.39 Å². The second-order valence-electron chi connectivity index (χ2n) is 6.12. The van der Waals surface area contributed by atoms with E-state index in [0.29, 0.717) is 5.96 Å². The number of rotatable bonds is 7. The molecular formula is C18H30FN5. The van der Waals surface area contributed by atoms with Crippen molar-refractivity contribution in [2.24, 2.45) is 10.7 Å². The maximum absolute atomic E-state index is 13.0. The second-order valence-corrected chi connectivity index (χ2v) is 6.12. The third-order valence-corrected chi connectivity index (χ3v) is 4.47. The van der Waals surface area contributed by atoms with Crippen LogP contribution in [0, 0.1) is 5.82 Å². The van der Waals surface area contributed by atoms with E-state index < -0.39 is 0 Å². The largest absolute Gasteiger partial charge is 0.370 e. The molecule has 0 aromatic heterocycles. The number of likely N-dealkylation sites (N-methyl/N-ethyl adjacent to an activating group) is 1. The van der Waals surface area contributed by atoms with Crippen LogP contribution in [0.1, 0.15) is 20.3 Å². The standard InChI is InChI=1S/C18H30FN5/c1-3-10-22(4-2)11-9-21-18(20)24-14-12-23(13-15-24)17-7-5-16(19)6-8-17/h5-8H,3-4,9-15H2,1-2H3,(H2,20,21). The van der Waals surface area contributed by atoms with E-state index in [1.807, 2.05) is 12.1 Å². The van der Waals surface area contributed by atoms with Crippen molar-refractivity contribution in [2.45, 2.75) is 20.3 Å². The molecule has 0 atom stereocenters. The fourth-order valence-electron chi connectivity index (χ4n) is 3.00. The van der Waals surface area contributed by atoms with Crippen LogP contribution in [-0.4, -0.2) is 68.1 Å². The molecule has 0 spiro atoms. The maximum Gasteiger partial charge on any atom is 0.191 e. The van der Waals surface area contributed by atoms with Gasteiger partial charge >= 0.3 is 0 Å². The van der Waals surface area contributed by atoms with Crippen molar-refractivity contribution in [3.63, 3.8) is 0 Å². The minimum absolute atomic E-state index is 0.196. The van der Waals surface area contributed by atoms with Gasteiger partial charge in [-0.05, 0) is 43.8 Å². The van der Waals surface area contributed by atoms with Gasteiger partial charge in [-0.1, -0.05) is 13.8 Å². The normalized spacial score (nSPS) is 16.1. The van der Waals surface area contributed by atoms with Crippen LogP contribution in [0.4, 0.5) is 10.1 Å². The summed E-state index contributed by atoms with van der Waals surface area (Å²) in [5, 5.41) is 0. The van der Waals surface area contributed by atoms with Crippen LogP contribution in [0.25, 0.3) is 0 Å². The van der Waals surface area contributed by atoms with Crippen LogP contribution in [0.2, 0.25) is 0 Å². The Bertz CT molecular complexity index is 509. The lowest BCUT2D eigenvalue weighted by atomic mass is 10.2. The lowest BCUT2D eigenvalue weighted by Crippen LogP contribution is -2.51. The van der Waals surface area contributed by atoms with Gasteiger partial charge in [0.1, 0.15) is 5.82 Å². The molecular weight excluding hydrogens is 305 g/mol. The maximum atomic E-state index is 13.0. The summed E-state index contributed by atoms with van der Waals surface area (Å²) < 4.78 is 13.0. The molecule has 1 aliphatic rings. The fraction of sp³-hybridized carbons (Fsp3) is 0.611. The summed E-state index contributed by atoms with van der Waals surface area (Å²) in [5.41, 5.74) is 7.20. The van der Waals surface area contributed by atoms with Crippen LogP contribution < -0.4 is 10.6 Å². The highest BCUT2D eigenvalue weighted by molar-refractivity contribution is 5.78. The molecule has 0 amide bonds. The van der Waals surface area contributed by atoms with Gasteiger partial charge in [0.05, 0.1) is 6.54 Å². The molecule has 134 valence electrons. The van der Waals surface area contributed by atoms with Gasteiger partial charge in [0.15, 0.2) is 5.96 Å². The Morgan fingerprint density at radius 3 is 2.38 bits per heavy atom. The molecule has 1 aliphatic heterocycles. The van der Waals surface area contributed by atoms with E-state index in [1.54, 1.807) is 0 Å². The van der Waals surface area contributed by atoms with Gasteiger partial charge in [0, 0.05) is 38.4 Å². The molecule has 6 heteroatoms. The number of nitrogens with zero attached hydrogens (tertiary/aromatic N) is 4. The van der Waals surface area contributed by atoms with Crippen molar-refractivity contribution in [3.8, 4) is 0 Å². The van der Waals surface area contributed by atoms with Crippen molar-refractivity contribution >= 4 is 11.6 Å². The third kappa shape index (κ3) is 5.37. The molecule has 0 saturated carbocycles. The van der Waals surface area contributed by atoms with E-state index >= 15 is 0 Å². The molecule has 5 nitrogen and oxygen atoms in total. The number of anilines is 1. The molecule has 24 heavy (non-hydrogen) atoms. The first-order chi connectivity index (χ1) is 11.6. The Balaban J connectivity index is 1.78. The van der Waals surface area contributed by atoms with Crippen molar-refractivity contribution in [2.75, 3.05) is 57.3 Å². The highest BCUT2D eigenvalue weighted by Gasteiger charge is 2.18. The first kappa shape index (κ1) is 18.5. The summed E-state index contributed by atoms with van der Waals surface area (Å²) in [5.74, 6) is 0.444. The minimum atomic E-state index is -0.196. The van der Waals surface area contributed by atoms with Gasteiger partial charge in [0.2, 0.25) is 0 Å². The quantitative estimate of drug-likeness (QED) is 0.612. The zero-order valence-electron chi connectivity index (χ0n) is 14.9. The summed E-state index contributed by atoms with van der Waals surface area (Å²) in [6.07, 6.45) is 1.17. The molecule has 0 radical (unpaired) electrons. The Kier molecular flexibility index (Phi) is 7.31. The van der Waals surface area contributed by atoms with Gasteiger partial charge in [-0.2, -0.15) is 0 Å². The Morgan fingerprint density at radius 2 is 1.79 bits per heavy atom. The fourth-order valence-corrected chi connectivity index (χ4v) is 3.00. The molecule has 2 rings (SSSR count). The van der Waals surface area contributed by atoms with E-state index in [2.05, 4.69) is 33.5 Å². The van der Waals surface area contributed by atoms with Crippen LogP contribution in [0.5, 0.6) is 0 Å². The SMILES string of the molecule is CCCN(CC)CCN=C(N)N1CCN(c2ccc(F)cc2)CC1. The molecule has 1 aromatic rings. The van der Waals surface area contributed by atoms with E-state index in [4.69, 9.17) is 5.73 Å². The molecule has 1 aromatic carbocycles. The first-order valence-corrected chi connectivity index (χ1v) is 8.91. The van der Waals surface area contributed by atoms with E-state index in [0.717, 1.165) is 58.0 Å². The summed E-state index contributed by atoms with van der Waals surface area (Å²) in [7, 11) is 0. The van der Waals surface area contributed by atoms with Crippen molar-refractivity contribution in [3.05, 3.63) is 30.1 Å². The summed E-state index contributed by atoms with van der Waals surface area (Å²) in [6.45, 7) is 11.7. The second kappa shape index (κ2) is 9.47. The number of nitrogens with two attached hydrogens (primary N) is 1. The predicted molar refractivity (Wildman–Crippen MR) is 99.1 cm³/mol. The van der Waals surface area contributed by atoms with Gasteiger partial charge < -0.3 is 20.4 Å². The molecule has 2 N–H and O–H groups in total. The summed E-state index contributed by atoms with van der Waals surface area (Å²) in [6, 6.07) is 6.67. The lowest BCUT2D eigenvalue weighted by molar-refractivity contribution is 0.296. The zero-order chi connectivity index (χ0) is 17.4. The number of halogens is 1. The van der Waals surface area contributed by atoms with E-state index in [1.165, 1.54) is 18.6 Å². The van der Waals surface area contributed by atoms with Gasteiger partial charge in [-0.25, -0.2) is 4.39 Å². The number of benzene rings is 1. The van der Waals surface area contributed by atoms with Crippen LogP contribution >= 0.6 is 0 Å². The number of hydrogen-bond donors (Lipinski definition) is 1. The van der Waals surface area contributed by atoms with Crippen LogP contribution in [-0.2, 0) is 0 Å². The van der Waals surface area contributed by atoms with Crippen molar-refractivity contribution in [1.29, 1.82) is 0 Å².